The van der Waals surface area contributed by atoms with Crippen LogP contribution in [0.2, 0.25) is 0 Å². The zero-order valence-corrected chi connectivity index (χ0v) is 7.15. The van der Waals surface area contributed by atoms with Crippen molar-refractivity contribution in [1.82, 2.24) is 4.90 Å². The SMILES string of the molecule is COCCN1[CH]SC(C)=C1. The van der Waals surface area contributed by atoms with Crippen molar-refractivity contribution in [3.63, 3.8) is 0 Å². The van der Waals surface area contributed by atoms with Crippen molar-refractivity contribution in [3.8, 4) is 0 Å². The van der Waals surface area contributed by atoms with Crippen molar-refractivity contribution < 1.29 is 4.74 Å². The van der Waals surface area contributed by atoms with Crippen LogP contribution >= 0.6 is 11.8 Å². The quantitative estimate of drug-likeness (QED) is 0.620. The van der Waals surface area contributed by atoms with Crippen molar-refractivity contribution in [2.24, 2.45) is 0 Å². The Labute approximate surface area is 66.2 Å². The lowest BCUT2D eigenvalue weighted by Crippen LogP contribution is -2.15. The minimum atomic E-state index is 0.792. The maximum absolute atomic E-state index is 4.94. The van der Waals surface area contributed by atoms with Gasteiger partial charge in [0.25, 0.3) is 0 Å². The van der Waals surface area contributed by atoms with Crippen molar-refractivity contribution >= 4 is 11.8 Å². The van der Waals surface area contributed by atoms with Crippen LogP contribution in [0.3, 0.4) is 0 Å². The van der Waals surface area contributed by atoms with Crippen molar-refractivity contribution in [2.75, 3.05) is 20.3 Å². The van der Waals surface area contributed by atoms with E-state index in [9.17, 15) is 0 Å². The fraction of sp³-hybridized carbons (Fsp3) is 0.571. The Hall–Kier alpha value is -0.150. The second-order valence-electron chi connectivity index (χ2n) is 2.19. The largest absolute Gasteiger partial charge is 0.383 e. The van der Waals surface area contributed by atoms with Crippen LogP contribution in [0.4, 0.5) is 0 Å². The highest BCUT2D eigenvalue weighted by Gasteiger charge is 2.08. The van der Waals surface area contributed by atoms with Gasteiger partial charge in [0.05, 0.1) is 6.61 Å². The van der Waals surface area contributed by atoms with E-state index < -0.39 is 0 Å². The second-order valence-corrected chi connectivity index (χ2v) is 3.28. The fourth-order valence-electron chi connectivity index (χ4n) is 0.759. The van der Waals surface area contributed by atoms with E-state index in [1.54, 1.807) is 18.9 Å². The Morgan fingerprint density at radius 1 is 1.70 bits per heavy atom. The van der Waals surface area contributed by atoms with Gasteiger partial charge in [0.15, 0.2) is 0 Å². The molecule has 1 aliphatic rings. The summed E-state index contributed by atoms with van der Waals surface area (Å²) >= 11 is 1.76. The van der Waals surface area contributed by atoms with Gasteiger partial charge in [-0.25, -0.2) is 0 Å². The van der Waals surface area contributed by atoms with Gasteiger partial charge >= 0.3 is 0 Å². The third-order valence-corrected chi connectivity index (χ3v) is 2.13. The average Bonchev–Trinajstić information content (AvgIpc) is 2.31. The van der Waals surface area contributed by atoms with Gasteiger partial charge in [-0.05, 0) is 11.8 Å². The predicted octanol–water partition coefficient (Wildman–Crippen LogP) is 1.66. The molecule has 1 radical (unpaired) electrons. The van der Waals surface area contributed by atoms with Crippen molar-refractivity contribution in [1.29, 1.82) is 0 Å². The van der Waals surface area contributed by atoms with Crippen LogP contribution in [0.5, 0.6) is 0 Å². The number of allylic oxidation sites excluding steroid dienone is 1. The van der Waals surface area contributed by atoms with E-state index in [4.69, 9.17) is 4.74 Å². The summed E-state index contributed by atoms with van der Waals surface area (Å²) < 4.78 is 4.94. The molecular weight excluding hydrogens is 146 g/mol. The third-order valence-electron chi connectivity index (χ3n) is 1.28. The molecule has 1 heterocycles. The second kappa shape index (κ2) is 3.88. The molecule has 57 valence electrons. The Morgan fingerprint density at radius 3 is 3.00 bits per heavy atom. The van der Waals surface area contributed by atoms with E-state index in [1.165, 1.54) is 4.91 Å². The molecule has 0 aliphatic carbocycles. The van der Waals surface area contributed by atoms with Gasteiger partial charge in [0.1, 0.15) is 5.88 Å². The lowest BCUT2D eigenvalue weighted by Gasteiger charge is -2.11. The van der Waals surface area contributed by atoms with Gasteiger partial charge < -0.3 is 9.64 Å². The van der Waals surface area contributed by atoms with Gasteiger partial charge in [-0.15, -0.1) is 11.8 Å². The summed E-state index contributed by atoms with van der Waals surface area (Å²) in [5.74, 6) is 2.11. The standard InChI is InChI=1S/C7H12NOS/c1-7-5-8(6-10-7)3-4-9-2/h5-6H,3-4H2,1-2H3. The minimum Gasteiger partial charge on any atom is -0.383 e. The summed E-state index contributed by atoms with van der Waals surface area (Å²) in [6.45, 7) is 3.86. The molecule has 10 heavy (non-hydrogen) atoms. The first-order valence-electron chi connectivity index (χ1n) is 3.26. The number of rotatable bonds is 3. The van der Waals surface area contributed by atoms with E-state index in [1.807, 2.05) is 0 Å². The Balaban J connectivity index is 2.18. The highest BCUT2D eigenvalue weighted by molar-refractivity contribution is 8.05. The first-order valence-corrected chi connectivity index (χ1v) is 4.14. The summed E-state index contributed by atoms with van der Waals surface area (Å²) in [5.41, 5.74) is 0. The molecule has 0 amide bonds. The lowest BCUT2D eigenvalue weighted by atomic mass is 10.6. The highest BCUT2D eigenvalue weighted by Crippen LogP contribution is 2.27. The monoisotopic (exact) mass is 158 g/mol. The molecule has 0 unspecified atom stereocenters. The van der Waals surface area contributed by atoms with Crippen LogP contribution in [0, 0.1) is 5.88 Å². The highest BCUT2D eigenvalue weighted by atomic mass is 32.2. The topological polar surface area (TPSA) is 12.5 Å². The average molecular weight is 158 g/mol. The van der Waals surface area contributed by atoms with Crippen LogP contribution in [0.25, 0.3) is 0 Å². The minimum absolute atomic E-state index is 0.792. The molecule has 0 saturated heterocycles. The summed E-state index contributed by atoms with van der Waals surface area (Å²) in [6.07, 6.45) is 2.13. The smallest absolute Gasteiger partial charge is 0.109 e. The lowest BCUT2D eigenvalue weighted by molar-refractivity contribution is 0.181. The van der Waals surface area contributed by atoms with E-state index in [0.717, 1.165) is 13.2 Å². The van der Waals surface area contributed by atoms with Gasteiger partial charge in [0, 0.05) is 19.9 Å². The first kappa shape index (κ1) is 7.95. The molecule has 0 spiro atoms. The van der Waals surface area contributed by atoms with Crippen molar-refractivity contribution in [2.45, 2.75) is 6.92 Å². The molecule has 2 nitrogen and oxygen atoms in total. The van der Waals surface area contributed by atoms with Crippen LogP contribution in [0.1, 0.15) is 6.92 Å². The molecular formula is C7H12NOS. The maximum atomic E-state index is 4.94. The number of thioether (sulfide) groups is 1. The number of nitrogens with zero attached hydrogens (tertiary/aromatic N) is 1. The molecule has 0 fully saturated rings. The Bertz CT molecular complexity index is 136. The summed E-state index contributed by atoms with van der Waals surface area (Å²) in [7, 11) is 1.72. The predicted molar refractivity (Wildman–Crippen MR) is 44.2 cm³/mol. The number of hydrogen-bond acceptors (Lipinski definition) is 3. The van der Waals surface area contributed by atoms with Gasteiger partial charge in [0.2, 0.25) is 0 Å². The normalized spacial score (nSPS) is 17.8. The van der Waals surface area contributed by atoms with E-state index in [2.05, 4.69) is 23.9 Å². The van der Waals surface area contributed by atoms with Gasteiger partial charge in [-0.1, -0.05) is 0 Å². The van der Waals surface area contributed by atoms with Crippen molar-refractivity contribution in [3.05, 3.63) is 17.0 Å². The van der Waals surface area contributed by atoms with E-state index >= 15 is 0 Å². The zero-order chi connectivity index (χ0) is 7.40. The molecule has 1 aliphatic heterocycles. The van der Waals surface area contributed by atoms with E-state index in [-0.39, 0.29) is 0 Å². The molecule has 3 heteroatoms. The fourth-order valence-corrected chi connectivity index (χ4v) is 1.42. The molecule has 0 saturated carbocycles. The van der Waals surface area contributed by atoms with Crippen LogP contribution < -0.4 is 0 Å². The third kappa shape index (κ3) is 2.23. The molecule has 0 atom stereocenters. The molecule has 1 rings (SSSR count). The maximum Gasteiger partial charge on any atom is 0.109 e. The van der Waals surface area contributed by atoms with E-state index in [0.29, 0.717) is 0 Å². The zero-order valence-electron chi connectivity index (χ0n) is 6.33. The number of methoxy groups -OCH3 is 1. The first-order chi connectivity index (χ1) is 4.83. The molecule has 0 aromatic carbocycles. The Morgan fingerprint density at radius 2 is 2.50 bits per heavy atom. The molecule has 0 aromatic rings. The summed E-state index contributed by atoms with van der Waals surface area (Å²) in [4.78, 5) is 3.49. The number of ether oxygens (including phenoxy) is 1. The summed E-state index contributed by atoms with van der Waals surface area (Å²) in [5, 5.41) is 0. The van der Waals surface area contributed by atoms with Gasteiger partial charge in [-0.2, -0.15) is 0 Å². The van der Waals surface area contributed by atoms with Gasteiger partial charge in [-0.3, -0.25) is 0 Å². The Kier molecular flexibility index (Phi) is 3.09. The van der Waals surface area contributed by atoms with Crippen LogP contribution in [-0.4, -0.2) is 25.2 Å². The number of hydrogen-bond donors (Lipinski definition) is 0. The molecule has 0 N–H and O–H groups in total. The summed E-state index contributed by atoms with van der Waals surface area (Å²) in [6, 6.07) is 0. The molecule has 0 bridgehead atoms. The van der Waals surface area contributed by atoms with Crippen LogP contribution in [0.15, 0.2) is 11.1 Å². The van der Waals surface area contributed by atoms with Crippen LogP contribution in [-0.2, 0) is 4.74 Å². The molecule has 0 aromatic heterocycles.